The molecule has 20 heavy (non-hydrogen) atoms. The summed E-state index contributed by atoms with van der Waals surface area (Å²) in [7, 11) is 0. The first-order valence-electron chi connectivity index (χ1n) is 5.72. The highest BCUT2D eigenvalue weighted by atomic mass is 32.2. The summed E-state index contributed by atoms with van der Waals surface area (Å²) in [5.41, 5.74) is 7.11. The van der Waals surface area contributed by atoms with Gasteiger partial charge in [0.1, 0.15) is 0 Å². The van der Waals surface area contributed by atoms with Gasteiger partial charge in [0.25, 0.3) is 0 Å². The van der Waals surface area contributed by atoms with E-state index in [-0.39, 0.29) is 5.84 Å². The van der Waals surface area contributed by atoms with Crippen LogP contribution in [0, 0.1) is 18.6 Å². The Morgan fingerprint density at radius 1 is 1.15 bits per heavy atom. The van der Waals surface area contributed by atoms with Gasteiger partial charge in [-0.3, -0.25) is 0 Å². The number of hydrogen-bond donors (Lipinski definition) is 2. The Morgan fingerprint density at radius 2 is 1.90 bits per heavy atom. The summed E-state index contributed by atoms with van der Waals surface area (Å²) in [5.74, 6) is -1.83. The molecule has 0 heterocycles. The van der Waals surface area contributed by atoms with Crippen molar-refractivity contribution in [3.05, 3.63) is 59.2 Å². The van der Waals surface area contributed by atoms with Crippen LogP contribution in [0.15, 0.2) is 51.3 Å². The highest BCUT2D eigenvalue weighted by Gasteiger charge is 2.10. The molecule has 0 amide bonds. The number of hydrogen-bond acceptors (Lipinski definition) is 3. The van der Waals surface area contributed by atoms with Crippen molar-refractivity contribution in [3.63, 3.8) is 0 Å². The number of benzene rings is 2. The van der Waals surface area contributed by atoms with Gasteiger partial charge in [-0.15, -0.1) is 0 Å². The molecule has 0 aromatic heterocycles. The molecule has 0 saturated heterocycles. The molecule has 6 heteroatoms. The number of aryl methyl sites for hydroxylation is 1. The fourth-order valence-electron chi connectivity index (χ4n) is 1.65. The molecule has 0 aliphatic heterocycles. The SMILES string of the molecule is Cc1ccc(Sc2ccc(F)c(F)c2)c(/C(N)=N/O)c1. The Kier molecular flexibility index (Phi) is 4.24. The lowest BCUT2D eigenvalue weighted by Gasteiger charge is -2.09. The van der Waals surface area contributed by atoms with Gasteiger partial charge in [-0.05, 0) is 37.3 Å². The number of rotatable bonds is 3. The second kappa shape index (κ2) is 5.92. The van der Waals surface area contributed by atoms with E-state index in [9.17, 15) is 8.78 Å². The topological polar surface area (TPSA) is 58.6 Å². The molecule has 2 aromatic carbocycles. The summed E-state index contributed by atoms with van der Waals surface area (Å²) in [6, 6.07) is 9.05. The number of oxime groups is 1. The Labute approximate surface area is 119 Å². The molecule has 0 fully saturated rings. The lowest BCUT2D eigenvalue weighted by Crippen LogP contribution is -2.14. The van der Waals surface area contributed by atoms with Crippen molar-refractivity contribution in [2.24, 2.45) is 10.9 Å². The van der Waals surface area contributed by atoms with E-state index in [4.69, 9.17) is 10.9 Å². The summed E-state index contributed by atoms with van der Waals surface area (Å²) >= 11 is 1.21. The first kappa shape index (κ1) is 14.3. The molecule has 0 atom stereocenters. The van der Waals surface area contributed by atoms with Crippen molar-refractivity contribution < 1.29 is 14.0 Å². The predicted octanol–water partition coefficient (Wildman–Crippen LogP) is 3.52. The van der Waals surface area contributed by atoms with Crippen LogP contribution >= 0.6 is 11.8 Å². The maximum Gasteiger partial charge on any atom is 0.171 e. The first-order chi connectivity index (χ1) is 9.51. The Bertz CT molecular complexity index is 674. The van der Waals surface area contributed by atoms with E-state index in [1.807, 2.05) is 13.0 Å². The molecule has 0 unspecified atom stereocenters. The number of halogens is 2. The van der Waals surface area contributed by atoms with E-state index in [0.29, 0.717) is 15.4 Å². The summed E-state index contributed by atoms with van der Waals surface area (Å²) in [4.78, 5) is 1.22. The van der Waals surface area contributed by atoms with Gasteiger partial charge >= 0.3 is 0 Å². The number of nitrogens with two attached hydrogens (primary N) is 1. The van der Waals surface area contributed by atoms with Crippen LogP contribution in [0.25, 0.3) is 0 Å². The lowest BCUT2D eigenvalue weighted by atomic mass is 10.1. The van der Waals surface area contributed by atoms with Gasteiger partial charge in [0.2, 0.25) is 0 Å². The molecule has 2 aromatic rings. The van der Waals surface area contributed by atoms with Crippen molar-refractivity contribution in [1.82, 2.24) is 0 Å². The van der Waals surface area contributed by atoms with Gasteiger partial charge in [-0.25, -0.2) is 8.78 Å². The fourth-order valence-corrected chi connectivity index (χ4v) is 2.62. The normalized spacial score (nSPS) is 11.7. The zero-order valence-corrected chi connectivity index (χ0v) is 11.4. The molecule has 0 aliphatic rings. The van der Waals surface area contributed by atoms with Crippen molar-refractivity contribution >= 4 is 17.6 Å². The van der Waals surface area contributed by atoms with Gasteiger partial charge in [-0.1, -0.05) is 28.5 Å². The van der Waals surface area contributed by atoms with Crippen LogP contribution in [0.3, 0.4) is 0 Å². The van der Waals surface area contributed by atoms with Crippen LogP contribution in [0.1, 0.15) is 11.1 Å². The zero-order valence-electron chi connectivity index (χ0n) is 10.6. The van der Waals surface area contributed by atoms with Crippen LogP contribution in [-0.4, -0.2) is 11.0 Å². The number of nitrogens with zero attached hydrogens (tertiary/aromatic N) is 1. The van der Waals surface area contributed by atoms with Gasteiger partial charge in [0.05, 0.1) is 0 Å². The standard InChI is InChI=1S/C14H12F2N2OS/c1-8-2-5-13(10(6-8)14(17)18-19)20-9-3-4-11(15)12(16)7-9/h2-7,19H,1H3,(H2,17,18). The second-order valence-corrected chi connectivity index (χ2v) is 5.28. The summed E-state index contributed by atoms with van der Waals surface area (Å²) in [5, 5.41) is 11.8. The highest BCUT2D eigenvalue weighted by molar-refractivity contribution is 7.99. The smallest absolute Gasteiger partial charge is 0.171 e. The summed E-state index contributed by atoms with van der Waals surface area (Å²) in [6.07, 6.45) is 0. The second-order valence-electron chi connectivity index (χ2n) is 4.16. The molecule has 3 nitrogen and oxygen atoms in total. The minimum absolute atomic E-state index is 0.0289. The van der Waals surface area contributed by atoms with E-state index < -0.39 is 11.6 Å². The molecule has 0 saturated carbocycles. The van der Waals surface area contributed by atoms with Crippen LogP contribution in [0.5, 0.6) is 0 Å². The maximum atomic E-state index is 13.2. The third-order valence-electron chi connectivity index (χ3n) is 2.64. The first-order valence-corrected chi connectivity index (χ1v) is 6.54. The Balaban J connectivity index is 2.40. The van der Waals surface area contributed by atoms with Crippen molar-refractivity contribution in [2.45, 2.75) is 16.7 Å². The molecule has 0 bridgehead atoms. The Hall–Kier alpha value is -2.08. The molecule has 0 spiro atoms. The molecule has 2 rings (SSSR count). The van der Waals surface area contributed by atoms with E-state index in [2.05, 4.69) is 5.16 Å². The summed E-state index contributed by atoms with van der Waals surface area (Å²) < 4.78 is 26.1. The van der Waals surface area contributed by atoms with Crippen LogP contribution < -0.4 is 5.73 Å². The highest BCUT2D eigenvalue weighted by Crippen LogP contribution is 2.31. The van der Waals surface area contributed by atoms with Gasteiger partial charge < -0.3 is 10.9 Å². The quantitative estimate of drug-likeness (QED) is 0.394. The molecular weight excluding hydrogens is 282 g/mol. The average Bonchev–Trinajstić information content (AvgIpc) is 2.44. The lowest BCUT2D eigenvalue weighted by molar-refractivity contribution is 0.318. The van der Waals surface area contributed by atoms with Crippen LogP contribution in [-0.2, 0) is 0 Å². The zero-order chi connectivity index (χ0) is 14.7. The number of amidine groups is 1. The molecular formula is C14H12F2N2OS. The van der Waals surface area contributed by atoms with Gasteiger partial charge in [-0.2, -0.15) is 0 Å². The van der Waals surface area contributed by atoms with Crippen LogP contribution in [0.2, 0.25) is 0 Å². The monoisotopic (exact) mass is 294 g/mol. The van der Waals surface area contributed by atoms with E-state index in [0.717, 1.165) is 17.7 Å². The third-order valence-corrected chi connectivity index (χ3v) is 3.70. The largest absolute Gasteiger partial charge is 0.409 e. The van der Waals surface area contributed by atoms with E-state index in [1.54, 1.807) is 12.1 Å². The average molecular weight is 294 g/mol. The molecule has 104 valence electrons. The van der Waals surface area contributed by atoms with Gasteiger partial charge in [0.15, 0.2) is 17.5 Å². The van der Waals surface area contributed by atoms with Crippen molar-refractivity contribution in [2.75, 3.05) is 0 Å². The minimum atomic E-state index is -0.910. The van der Waals surface area contributed by atoms with E-state index >= 15 is 0 Å². The molecule has 0 aliphatic carbocycles. The van der Waals surface area contributed by atoms with Crippen LogP contribution in [0.4, 0.5) is 8.78 Å². The fraction of sp³-hybridized carbons (Fsp3) is 0.0714. The minimum Gasteiger partial charge on any atom is -0.409 e. The van der Waals surface area contributed by atoms with Crippen molar-refractivity contribution in [3.8, 4) is 0 Å². The maximum absolute atomic E-state index is 13.2. The Morgan fingerprint density at radius 3 is 2.55 bits per heavy atom. The third kappa shape index (κ3) is 3.08. The predicted molar refractivity (Wildman–Crippen MR) is 74.2 cm³/mol. The van der Waals surface area contributed by atoms with E-state index in [1.165, 1.54) is 17.8 Å². The molecule has 0 radical (unpaired) electrons. The van der Waals surface area contributed by atoms with Gasteiger partial charge in [0, 0.05) is 15.4 Å². The summed E-state index contributed by atoms with van der Waals surface area (Å²) in [6.45, 7) is 1.88. The van der Waals surface area contributed by atoms with Crippen molar-refractivity contribution in [1.29, 1.82) is 0 Å². The molecule has 3 N–H and O–H groups in total.